The highest BCUT2D eigenvalue weighted by Crippen LogP contribution is 2.39. The van der Waals surface area contributed by atoms with E-state index in [2.05, 4.69) is 36.6 Å². The number of alkyl halides is 1. The number of aryl methyl sites for hydroxylation is 2. The van der Waals surface area contributed by atoms with Crippen LogP contribution in [0.5, 0.6) is 0 Å². The van der Waals surface area contributed by atoms with Gasteiger partial charge in [0.2, 0.25) is 0 Å². The number of aromatic nitrogens is 2. The van der Waals surface area contributed by atoms with Crippen molar-refractivity contribution in [3.63, 3.8) is 0 Å². The third-order valence-corrected chi connectivity index (χ3v) is 5.23. The summed E-state index contributed by atoms with van der Waals surface area (Å²) in [5.74, 6) is 2.61. The first-order chi connectivity index (χ1) is 10.3. The van der Waals surface area contributed by atoms with E-state index in [4.69, 9.17) is 16.6 Å². The average molecular weight is 305 g/mol. The number of imidazole rings is 1. The van der Waals surface area contributed by atoms with Gasteiger partial charge in [-0.25, -0.2) is 4.98 Å². The van der Waals surface area contributed by atoms with Gasteiger partial charge in [-0.1, -0.05) is 38.3 Å². The van der Waals surface area contributed by atoms with Gasteiger partial charge in [-0.15, -0.1) is 11.6 Å². The molecule has 2 aromatic rings. The van der Waals surface area contributed by atoms with Gasteiger partial charge in [-0.05, 0) is 37.3 Å². The van der Waals surface area contributed by atoms with Gasteiger partial charge >= 0.3 is 0 Å². The molecule has 1 heterocycles. The van der Waals surface area contributed by atoms with Gasteiger partial charge in [0.25, 0.3) is 0 Å². The lowest BCUT2D eigenvalue weighted by molar-refractivity contribution is 0.233. The van der Waals surface area contributed by atoms with Gasteiger partial charge in [0.1, 0.15) is 5.82 Å². The molecule has 0 aliphatic heterocycles. The Morgan fingerprint density at radius 1 is 1.29 bits per heavy atom. The van der Waals surface area contributed by atoms with E-state index in [0.29, 0.717) is 11.9 Å². The van der Waals surface area contributed by atoms with E-state index in [1.54, 1.807) is 0 Å². The molecule has 1 saturated carbocycles. The third-order valence-electron chi connectivity index (χ3n) is 5.04. The van der Waals surface area contributed by atoms with E-state index in [1.807, 2.05) is 0 Å². The quantitative estimate of drug-likeness (QED) is 0.704. The monoisotopic (exact) mass is 304 g/mol. The molecule has 2 unspecified atom stereocenters. The van der Waals surface area contributed by atoms with Crippen molar-refractivity contribution < 1.29 is 0 Å². The second-order valence-corrected chi connectivity index (χ2v) is 6.68. The summed E-state index contributed by atoms with van der Waals surface area (Å²) < 4.78 is 2.53. The Kier molecular flexibility index (Phi) is 4.54. The Labute approximate surface area is 132 Å². The van der Waals surface area contributed by atoms with Crippen molar-refractivity contribution >= 4 is 22.6 Å². The fourth-order valence-corrected chi connectivity index (χ4v) is 4.11. The molecule has 0 radical (unpaired) electrons. The molecule has 114 valence electrons. The molecule has 0 bridgehead atoms. The maximum atomic E-state index is 6.03. The highest BCUT2D eigenvalue weighted by Gasteiger charge is 2.28. The van der Waals surface area contributed by atoms with Crippen molar-refractivity contribution in [2.45, 2.75) is 58.4 Å². The van der Waals surface area contributed by atoms with Crippen LogP contribution in [0.2, 0.25) is 0 Å². The fraction of sp³-hybridized carbons (Fsp3) is 0.611. The minimum Gasteiger partial charge on any atom is -0.325 e. The normalized spacial score (nSPS) is 22.8. The van der Waals surface area contributed by atoms with Crippen LogP contribution in [0, 0.1) is 12.8 Å². The molecule has 1 aliphatic rings. The Bertz CT molecular complexity index is 617. The summed E-state index contributed by atoms with van der Waals surface area (Å²) in [6.45, 7) is 4.48. The molecule has 2 nitrogen and oxygen atoms in total. The summed E-state index contributed by atoms with van der Waals surface area (Å²) in [6, 6.07) is 7.15. The third kappa shape index (κ3) is 2.70. The second kappa shape index (κ2) is 6.39. The minimum atomic E-state index is 0.605. The number of benzene rings is 1. The first-order valence-electron chi connectivity index (χ1n) is 8.28. The maximum absolute atomic E-state index is 6.03. The Morgan fingerprint density at radius 3 is 2.86 bits per heavy atom. The van der Waals surface area contributed by atoms with E-state index in [0.717, 1.165) is 17.9 Å². The van der Waals surface area contributed by atoms with Crippen molar-refractivity contribution in [3.05, 3.63) is 29.6 Å². The number of fused-ring (bicyclic) bond motifs is 1. The number of hydrogen-bond acceptors (Lipinski definition) is 1. The van der Waals surface area contributed by atoms with Gasteiger partial charge in [0.15, 0.2) is 0 Å². The highest BCUT2D eigenvalue weighted by molar-refractivity contribution is 6.17. The highest BCUT2D eigenvalue weighted by atomic mass is 35.5. The van der Waals surface area contributed by atoms with E-state index in [9.17, 15) is 0 Å². The SMILES string of the molecule is CCC1CCCCC1n1c(CCCl)nc2c(C)cccc21. The van der Waals surface area contributed by atoms with Crippen LogP contribution in [0.1, 0.15) is 56.5 Å². The lowest BCUT2D eigenvalue weighted by Crippen LogP contribution is -2.24. The van der Waals surface area contributed by atoms with Gasteiger partial charge in [-0.2, -0.15) is 0 Å². The van der Waals surface area contributed by atoms with Crippen molar-refractivity contribution in [1.82, 2.24) is 9.55 Å². The molecular weight excluding hydrogens is 280 g/mol. The zero-order chi connectivity index (χ0) is 14.8. The first-order valence-corrected chi connectivity index (χ1v) is 8.82. The van der Waals surface area contributed by atoms with Crippen molar-refractivity contribution in [2.75, 3.05) is 5.88 Å². The largest absolute Gasteiger partial charge is 0.325 e. The van der Waals surface area contributed by atoms with Crippen molar-refractivity contribution in [2.24, 2.45) is 5.92 Å². The van der Waals surface area contributed by atoms with Crippen LogP contribution in [0.3, 0.4) is 0 Å². The standard InChI is InChI=1S/C18H25ClN2/c1-3-14-8-4-5-9-15(14)21-16-10-6-7-13(2)18(16)20-17(21)11-12-19/h6-7,10,14-15H,3-5,8-9,11-12H2,1-2H3. The summed E-state index contributed by atoms with van der Waals surface area (Å²) in [5, 5.41) is 0. The van der Waals surface area contributed by atoms with Gasteiger partial charge in [0, 0.05) is 18.3 Å². The molecule has 0 spiro atoms. The van der Waals surface area contributed by atoms with E-state index < -0.39 is 0 Å². The molecule has 0 saturated heterocycles. The zero-order valence-electron chi connectivity index (χ0n) is 13.1. The Balaban J connectivity index is 2.14. The zero-order valence-corrected chi connectivity index (χ0v) is 13.9. The number of para-hydroxylation sites is 1. The summed E-state index contributed by atoms with van der Waals surface area (Å²) in [4.78, 5) is 4.92. The van der Waals surface area contributed by atoms with Crippen LogP contribution >= 0.6 is 11.6 Å². The smallest absolute Gasteiger partial charge is 0.111 e. The maximum Gasteiger partial charge on any atom is 0.111 e. The first kappa shape index (κ1) is 14.9. The fourth-order valence-electron chi connectivity index (χ4n) is 3.94. The summed E-state index contributed by atoms with van der Waals surface area (Å²) in [6.07, 6.45) is 7.48. The molecule has 1 aromatic carbocycles. The number of hydrogen-bond donors (Lipinski definition) is 0. The van der Waals surface area contributed by atoms with Crippen LogP contribution in [0.15, 0.2) is 18.2 Å². The molecule has 1 aromatic heterocycles. The lowest BCUT2D eigenvalue weighted by atomic mass is 9.82. The van der Waals surface area contributed by atoms with E-state index in [-0.39, 0.29) is 0 Å². The lowest BCUT2D eigenvalue weighted by Gasteiger charge is -2.33. The molecule has 1 fully saturated rings. The molecule has 0 amide bonds. The summed E-state index contributed by atoms with van der Waals surface area (Å²) >= 11 is 6.03. The number of nitrogens with zero attached hydrogens (tertiary/aromatic N) is 2. The summed E-state index contributed by atoms with van der Waals surface area (Å²) in [5.41, 5.74) is 3.74. The Hall–Kier alpha value is -1.02. The predicted molar refractivity (Wildman–Crippen MR) is 90.2 cm³/mol. The van der Waals surface area contributed by atoms with Crippen LogP contribution in [0.4, 0.5) is 0 Å². The topological polar surface area (TPSA) is 17.8 Å². The van der Waals surface area contributed by atoms with Gasteiger partial charge < -0.3 is 4.57 Å². The molecule has 21 heavy (non-hydrogen) atoms. The molecule has 2 atom stereocenters. The van der Waals surface area contributed by atoms with Crippen LogP contribution < -0.4 is 0 Å². The van der Waals surface area contributed by atoms with Gasteiger partial charge in [0.05, 0.1) is 11.0 Å². The predicted octanol–water partition coefficient (Wildman–Crippen LogP) is 5.27. The van der Waals surface area contributed by atoms with Crippen LogP contribution in [0.25, 0.3) is 11.0 Å². The molecular formula is C18H25ClN2. The molecule has 3 heteroatoms. The molecule has 0 N–H and O–H groups in total. The van der Waals surface area contributed by atoms with Crippen LogP contribution in [-0.4, -0.2) is 15.4 Å². The van der Waals surface area contributed by atoms with Crippen LogP contribution in [-0.2, 0) is 6.42 Å². The number of halogens is 1. The average Bonchev–Trinajstić information content (AvgIpc) is 2.87. The van der Waals surface area contributed by atoms with Crippen molar-refractivity contribution in [1.29, 1.82) is 0 Å². The Morgan fingerprint density at radius 2 is 2.10 bits per heavy atom. The summed E-state index contributed by atoms with van der Waals surface area (Å²) in [7, 11) is 0. The van der Waals surface area contributed by atoms with Crippen molar-refractivity contribution in [3.8, 4) is 0 Å². The molecule has 3 rings (SSSR count). The number of rotatable bonds is 4. The van der Waals surface area contributed by atoms with E-state index >= 15 is 0 Å². The minimum absolute atomic E-state index is 0.605. The second-order valence-electron chi connectivity index (χ2n) is 6.30. The van der Waals surface area contributed by atoms with E-state index in [1.165, 1.54) is 49.0 Å². The van der Waals surface area contributed by atoms with Gasteiger partial charge in [-0.3, -0.25) is 0 Å². The molecule has 1 aliphatic carbocycles.